The number of nitrogen functional groups attached to an aromatic ring is 1. The molecule has 6 heterocycles. The van der Waals surface area contributed by atoms with Gasteiger partial charge < -0.3 is 50.8 Å². The van der Waals surface area contributed by atoms with Gasteiger partial charge in [-0.15, -0.1) is 12.4 Å². The van der Waals surface area contributed by atoms with Crippen LogP contribution in [0, 0.1) is 6.92 Å². The van der Waals surface area contributed by atoms with Gasteiger partial charge in [0.2, 0.25) is 5.52 Å². The number of aromatic nitrogens is 1. The van der Waals surface area contributed by atoms with E-state index < -0.39 is 10.1 Å². The van der Waals surface area contributed by atoms with Gasteiger partial charge in [-0.05, 0) is 115 Å². The zero-order valence-corrected chi connectivity index (χ0v) is 56.6. The van der Waals surface area contributed by atoms with Gasteiger partial charge >= 0.3 is 29.6 Å². The minimum Gasteiger partial charge on any atom is -0.870 e. The summed E-state index contributed by atoms with van der Waals surface area (Å²) >= 11 is 0. The van der Waals surface area contributed by atoms with E-state index in [0.29, 0.717) is 6.26 Å². The number of halogens is 1. The number of hydrogen-bond donors (Lipinski definition) is 1. The van der Waals surface area contributed by atoms with Crippen LogP contribution < -0.4 is 69.6 Å². The first-order valence-electron chi connectivity index (χ1n) is 29.3. The number of benzene rings is 8. The fraction of sp³-hybridized carbons (Fsp3) is 0.192. The van der Waals surface area contributed by atoms with E-state index in [1.54, 1.807) is 0 Å². The summed E-state index contributed by atoms with van der Waals surface area (Å²) in [6.45, 7) is 14.6. The fourth-order valence-electron chi connectivity index (χ4n) is 11.0. The average Bonchev–Trinajstić information content (AvgIpc) is 2.38. The molecule has 5 aliphatic heterocycles. The number of azo groups is 1. The van der Waals surface area contributed by atoms with Crippen LogP contribution in [0.2, 0.25) is 0 Å². The molecule has 468 valence electrons. The zero-order valence-electron chi connectivity index (χ0n) is 53.0. The van der Waals surface area contributed by atoms with Crippen molar-refractivity contribution in [2.45, 2.75) is 32.6 Å². The molecular weight excluding hydrogens is 1190 g/mol. The molecule has 0 aliphatic carbocycles. The molecule has 0 unspecified atom stereocenters. The van der Waals surface area contributed by atoms with Crippen LogP contribution in [0.1, 0.15) is 48.1 Å². The summed E-state index contributed by atoms with van der Waals surface area (Å²) in [7, 11) is 4.50. The maximum atomic E-state index is 9.47. The van der Waals surface area contributed by atoms with Gasteiger partial charge in [-0.2, -0.15) is 14.8 Å². The van der Waals surface area contributed by atoms with Crippen molar-refractivity contribution in [3.8, 4) is 0 Å². The van der Waals surface area contributed by atoms with Crippen LogP contribution in [-0.2, 0) is 21.5 Å². The summed E-state index contributed by atoms with van der Waals surface area (Å²) in [6.07, 6.45) is 20.1. The Morgan fingerprint density at radius 3 is 1.45 bits per heavy atom. The van der Waals surface area contributed by atoms with Crippen LogP contribution >= 0.6 is 12.4 Å². The molecule has 0 saturated carbocycles. The Hall–Kier alpha value is -8.39. The summed E-state index contributed by atoms with van der Waals surface area (Å²) in [5.74, 6) is 0. The molecule has 8 aromatic carbocycles. The van der Waals surface area contributed by atoms with Crippen molar-refractivity contribution < 1.29 is 63.1 Å². The number of pyridine rings is 1. The number of nitrogens with two attached hydrogens (primary N) is 1. The molecule has 14 rings (SSSR count). The Labute approximate surface area is 564 Å². The number of rotatable bonds is 5. The normalized spacial score (nSPS) is 14.5. The van der Waals surface area contributed by atoms with Gasteiger partial charge in [0.1, 0.15) is 7.05 Å². The van der Waals surface area contributed by atoms with Crippen LogP contribution in [0.25, 0.3) is 50.7 Å². The van der Waals surface area contributed by atoms with Crippen LogP contribution in [0.3, 0.4) is 0 Å². The average molecular weight is 1270 g/mol. The van der Waals surface area contributed by atoms with E-state index in [4.69, 9.17) is 11.0 Å². The fourth-order valence-corrected chi connectivity index (χ4v) is 11.0. The number of hydrogen-bond acceptors (Lipinski definition) is 13. The predicted molar refractivity (Wildman–Crippen MR) is 376 cm³/mol. The van der Waals surface area contributed by atoms with Crippen molar-refractivity contribution in [1.29, 1.82) is 0 Å². The molecule has 0 atom stereocenters. The van der Waals surface area contributed by atoms with Gasteiger partial charge in [0.05, 0.1) is 23.8 Å². The Morgan fingerprint density at radius 2 is 0.945 bits per heavy atom. The number of aryl methyl sites for hydroxylation is 2. The van der Waals surface area contributed by atoms with Gasteiger partial charge in [0.25, 0.3) is 10.1 Å². The molecule has 0 radical (unpaired) electrons. The van der Waals surface area contributed by atoms with Crippen molar-refractivity contribution >= 4 is 113 Å². The van der Waals surface area contributed by atoms with Crippen LogP contribution in [0.15, 0.2) is 247 Å². The van der Waals surface area contributed by atoms with E-state index in [0.717, 1.165) is 46.9 Å². The zero-order chi connectivity index (χ0) is 61.5. The second-order valence-electron chi connectivity index (χ2n) is 21.7. The SMILES string of the molecule is C=C1C=Cc2ccccc2N1C.C=C1C=Cc2ccccc2N1C.CN1/C(=C/N=Nc2ccc(N3CCCC3)c3ccccc23)C=Cc2ccccc21.CS(=O)(=O)O[O-].Cc1ccc2ccccc2[n+]1C.Cl.Nc1ccc(N2CCCC2)c2ccccc12.O.[Na+].[OH-]. The van der Waals surface area contributed by atoms with Crippen LogP contribution in [0.5, 0.6) is 0 Å². The Kier molecular flexibility index (Phi) is 28.0. The summed E-state index contributed by atoms with van der Waals surface area (Å²) in [6, 6.07) is 63.0. The molecule has 0 bridgehead atoms. The van der Waals surface area contributed by atoms with Gasteiger partial charge in [0, 0.05) is 139 Å². The van der Waals surface area contributed by atoms with Gasteiger partial charge in [0.15, 0.2) is 5.69 Å². The molecule has 91 heavy (non-hydrogen) atoms. The second kappa shape index (κ2) is 34.7. The van der Waals surface area contributed by atoms with E-state index >= 15 is 0 Å². The Bertz CT molecular complexity index is 4150. The van der Waals surface area contributed by atoms with Crippen molar-refractivity contribution in [2.75, 3.05) is 83.8 Å². The van der Waals surface area contributed by atoms with Crippen molar-refractivity contribution in [2.24, 2.45) is 17.3 Å². The summed E-state index contributed by atoms with van der Waals surface area (Å²) in [5, 5.41) is 24.0. The predicted octanol–water partition coefficient (Wildman–Crippen LogP) is 11.5. The molecule has 0 spiro atoms. The first-order chi connectivity index (χ1) is 42.1. The van der Waals surface area contributed by atoms with Crippen molar-refractivity contribution in [3.63, 3.8) is 0 Å². The topological polar surface area (TPSA) is 199 Å². The summed E-state index contributed by atoms with van der Waals surface area (Å²) in [4.78, 5) is 11.3. The quantitative estimate of drug-likeness (QED) is 0.0429. The monoisotopic (exact) mass is 1270 g/mol. The Balaban J connectivity index is 0.000000210. The standard InChI is InChI=1S/C25H24N4.C14H16N2.C11H12N.2C11H11N.CH4O4S.ClH.Na.2H2O/c1-28-20(13-12-19-8-2-5-11-24(19)28)18-26-27-23-14-15-25(29-16-6-7-17-29)22-10-4-3-9-21(22)23;15-13-7-8-14(16-9-3-4-10-16)12-6-2-1-5-11(12)13;3*1-9-7-8-10-5-3-4-6-11(10)12(9)2;1-6(3,4)5-2;;;;/h2-5,8-15,18H,6-7,16-17H2,1H3;1-2,5-8H,3-4,9-10,15H2;3-8H,1-2H3;2*3-8H,1H2,2H3;2H,1H3;1H;;2*1H2/q;;+1;;;;;+1;;/p-2/b20-18+,27-26?;;;;;;;;;. The van der Waals surface area contributed by atoms with E-state index in [9.17, 15) is 8.42 Å². The molecule has 5 aliphatic rings. The van der Waals surface area contributed by atoms with E-state index in [1.165, 1.54) is 117 Å². The largest absolute Gasteiger partial charge is 1.00 e. The molecule has 5 N–H and O–H groups in total. The second-order valence-corrected chi connectivity index (χ2v) is 23.3. The molecule has 15 nitrogen and oxygen atoms in total. The molecule has 9 aromatic rings. The van der Waals surface area contributed by atoms with Crippen molar-refractivity contribution in [1.82, 2.24) is 0 Å². The minimum atomic E-state index is -3.72. The molecule has 2 fully saturated rings. The van der Waals surface area contributed by atoms with E-state index in [-0.39, 0.29) is 52.9 Å². The third-order valence-corrected chi connectivity index (χ3v) is 16.3. The van der Waals surface area contributed by atoms with Crippen LogP contribution in [0.4, 0.5) is 39.8 Å². The van der Waals surface area contributed by atoms with Crippen LogP contribution in [-0.4, -0.2) is 72.9 Å². The minimum absolute atomic E-state index is 0. The van der Waals surface area contributed by atoms with E-state index in [1.807, 2.05) is 68.8 Å². The number of allylic oxidation sites excluding steroid dienone is 3. The number of likely N-dealkylation sites (N-methyl/N-ethyl adjacent to an activating group) is 3. The first kappa shape index (κ1) is 73.3. The molecular formula is C73H81ClN9NaO6S. The van der Waals surface area contributed by atoms with Gasteiger partial charge in [-0.25, -0.2) is 8.42 Å². The third kappa shape index (κ3) is 18.6. The number of anilines is 6. The van der Waals surface area contributed by atoms with Gasteiger partial charge in [-0.3, -0.25) is 0 Å². The smallest absolute Gasteiger partial charge is 0.870 e. The number of nitrogens with zero attached hydrogens (tertiary/aromatic N) is 8. The molecule has 18 heteroatoms. The maximum Gasteiger partial charge on any atom is 1.00 e. The van der Waals surface area contributed by atoms with E-state index in [2.05, 4.69) is 248 Å². The van der Waals surface area contributed by atoms with Crippen molar-refractivity contribution in [3.05, 3.63) is 259 Å². The molecule has 0 amide bonds. The number of fused-ring (bicyclic) bond motifs is 6. The maximum absolute atomic E-state index is 9.47. The first-order valence-corrected chi connectivity index (χ1v) is 31.1. The summed E-state index contributed by atoms with van der Waals surface area (Å²) in [5.41, 5.74) is 23.5. The Morgan fingerprint density at radius 1 is 0.538 bits per heavy atom. The summed E-state index contributed by atoms with van der Waals surface area (Å²) < 4.78 is 23.8. The molecule has 1 aromatic heterocycles. The number of para-hydroxylation sites is 4. The third-order valence-electron chi connectivity index (χ3n) is 16.0. The van der Waals surface area contributed by atoms with Gasteiger partial charge in [-0.1, -0.05) is 147 Å². The molecule has 2 saturated heterocycles.